The molecule has 0 aromatic heterocycles. The van der Waals surface area contributed by atoms with E-state index in [1.807, 2.05) is 161 Å². The lowest BCUT2D eigenvalue weighted by Crippen LogP contribution is -2.18. The van der Waals surface area contributed by atoms with Gasteiger partial charge in [-0.15, -0.1) is 23.2 Å². The second-order valence-corrected chi connectivity index (χ2v) is 36.7. The highest BCUT2D eigenvalue weighted by Crippen LogP contribution is 2.31. The zero-order valence-electron chi connectivity index (χ0n) is 74.3. The molecule has 0 aliphatic rings. The minimum absolute atomic E-state index is 0.0152. The van der Waals surface area contributed by atoms with Gasteiger partial charge in [0.05, 0.1) is 12.2 Å². The molecule has 0 heterocycles. The lowest BCUT2D eigenvalue weighted by Gasteiger charge is -2.19. The maximum atomic E-state index is 11.8. The van der Waals surface area contributed by atoms with Crippen LogP contribution in [0.5, 0.6) is 40.2 Å². The predicted octanol–water partition coefficient (Wildman–Crippen LogP) is 24.8. The van der Waals surface area contributed by atoms with Gasteiger partial charge in [0, 0.05) is 38.4 Å². The van der Waals surface area contributed by atoms with Gasteiger partial charge in [0.1, 0.15) is 52.7 Å². The minimum Gasteiger partial charge on any atom is -0.508 e. The van der Waals surface area contributed by atoms with Crippen LogP contribution in [-0.4, -0.2) is 89.0 Å². The maximum absolute atomic E-state index is 11.8. The highest BCUT2D eigenvalue weighted by Gasteiger charge is 2.20. The van der Waals surface area contributed by atoms with Gasteiger partial charge >= 0.3 is 29.8 Å². The normalized spacial score (nSPS) is 11.5. The molecular formula is C98H142Cl2O15. The van der Waals surface area contributed by atoms with Gasteiger partial charge in [-0.25, -0.2) is 4.79 Å². The van der Waals surface area contributed by atoms with Gasteiger partial charge in [0.2, 0.25) is 0 Å². The molecule has 0 radical (unpaired) electrons. The van der Waals surface area contributed by atoms with Crippen LogP contribution in [0.3, 0.4) is 0 Å². The summed E-state index contributed by atoms with van der Waals surface area (Å²) in [6.07, 6.45) is 9.59. The van der Waals surface area contributed by atoms with E-state index in [9.17, 15) is 24.0 Å². The lowest BCUT2D eigenvalue weighted by molar-refractivity contribution is -0.141. The second-order valence-electron chi connectivity index (χ2n) is 36.1. The number of rotatable bonds is 26. The topological polar surface area (TPSA) is 211 Å². The molecule has 3 N–H and O–H groups in total. The number of halogens is 2. The summed E-state index contributed by atoms with van der Waals surface area (Å²) >= 11 is 10.9. The quantitative estimate of drug-likeness (QED) is 0.0199. The molecule has 0 aliphatic heterocycles. The molecule has 17 heteroatoms. The van der Waals surface area contributed by atoms with Crippen LogP contribution in [0.15, 0.2) is 170 Å². The van der Waals surface area contributed by atoms with E-state index < -0.39 is 5.97 Å². The number of benzene rings is 7. The fourth-order valence-electron chi connectivity index (χ4n) is 10.1. The monoisotopic (exact) mass is 1630 g/mol. The van der Waals surface area contributed by atoms with Gasteiger partial charge < -0.3 is 48.5 Å². The second kappa shape index (κ2) is 52.6. The maximum Gasteiger partial charge on any atom is 0.337 e. The summed E-state index contributed by atoms with van der Waals surface area (Å²) in [5.41, 5.74) is 9.47. The molecule has 7 aromatic carbocycles. The first kappa shape index (κ1) is 105. The number of esters is 5. The molecular weight excluding hydrogens is 1490 g/mol. The van der Waals surface area contributed by atoms with E-state index in [1.165, 1.54) is 38.9 Å². The number of ether oxygens (including phenoxy) is 7. The van der Waals surface area contributed by atoms with Crippen molar-refractivity contribution in [3.05, 3.63) is 209 Å². The van der Waals surface area contributed by atoms with E-state index in [0.717, 1.165) is 64.4 Å². The largest absolute Gasteiger partial charge is 0.508 e. The predicted molar refractivity (Wildman–Crippen MR) is 474 cm³/mol. The van der Waals surface area contributed by atoms with Crippen LogP contribution in [0, 0.1) is 0 Å². The summed E-state index contributed by atoms with van der Waals surface area (Å²) in [5, 5.41) is 26.7. The molecule has 115 heavy (non-hydrogen) atoms. The molecule has 0 aliphatic carbocycles. The Bertz CT molecular complexity index is 3680. The Morgan fingerprint density at radius 2 is 0.504 bits per heavy atom. The summed E-state index contributed by atoms with van der Waals surface area (Å²) < 4.78 is 36.7. The van der Waals surface area contributed by atoms with E-state index in [-0.39, 0.29) is 93.1 Å². The van der Waals surface area contributed by atoms with Gasteiger partial charge in [0.25, 0.3) is 0 Å². The molecule has 0 bridgehead atoms. The van der Waals surface area contributed by atoms with Crippen molar-refractivity contribution in [1.82, 2.24) is 0 Å². The van der Waals surface area contributed by atoms with Crippen molar-refractivity contribution in [2.24, 2.45) is 0 Å². The molecule has 0 saturated carbocycles. The van der Waals surface area contributed by atoms with Crippen molar-refractivity contribution < 1.29 is 72.5 Å². The summed E-state index contributed by atoms with van der Waals surface area (Å²) in [4.78, 5) is 57.3. The van der Waals surface area contributed by atoms with Gasteiger partial charge in [-0.2, -0.15) is 0 Å². The molecule has 0 fully saturated rings. The molecule has 0 atom stereocenters. The number of hydrogen-bond acceptors (Lipinski definition) is 15. The van der Waals surface area contributed by atoms with Crippen molar-refractivity contribution in [1.29, 1.82) is 0 Å². The minimum atomic E-state index is -0.430. The Balaban J connectivity index is 0.000000678. The molecule has 0 unspecified atom stereocenters. The van der Waals surface area contributed by atoms with E-state index in [4.69, 9.17) is 71.7 Å². The highest BCUT2D eigenvalue weighted by atomic mass is 35.5. The molecule has 7 aromatic rings. The van der Waals surface area contributed by atoms with Crippen molar-refractivity contribution in [2.75, 3.05) is 31.6 Å². The van der Waals surface area contributed by atoms with Crippen LogP contribution >= 0.6 is 23.2 Å². The van der Waals surface area contributed by atoms with Crippen LogP contribution in [0.25, 0.3) is 0 Å². The fraction of sp³-hybridized carbons (Fsp3) is 0.520. The number of phenols is 2. The summed E-state index contributed by atoms with van der Waals surface area (Å²) in [5.74, 6) is 2.80. The Hall–Kier alpha value is -8.05. The van der Waals surface area contributed by atoms with Crippen molar-refractivity contribution in [3.63, 3.8) is 0 Å². The van der Waals surface area contributed by atoms with Crippen LogP contribution in [0.4, 0.5) is 0 Å². The SMILES string of the molecule is CC(C)(C)c1ccc(O)cc1.CC(C)(C)c1ccc(O)cc1.CC(C)(C)c1ccc(OC(=O)CCCCCCl)cc1.CC(C)(C)c1ccc(OC(=O)CCCCCO)cc1.CC(C)(C)c1ccc(OC(=O)CCl)cc1.CC(C)OCC(=O)Oc1ccc(C(C)(C)C)cc1.CC(C)OCCCCCC(=O)Oc1ccc(C(C)(C)C)cc1. The zero-order valence-corrected chi connectivity index (χ0v) is 75.8. The number of unbranched alkanes of at least 4 members (excludes halogenated alkanes) is 6. The molecule has 638 valence electrons. The van der Waals surface area contributed by atoms with Gasteiger partial charge in [-0.3, -0.25) is 19.2 Å². The first-order chi connectivity index (χ1) is 53.4. The van der Waals surface area contributed by atoms with E-state index in [0.29, 0.717) is 65.4 Å². The third-order valence-corrected chi connectivity index (χ3v) is 17.9. The Morgan fingerprint density at radius 3 is 0.722 bits per heavy atom. The summed E-state index contributed by atoms with van der Waals surface area (Å²) in [6, 6.07) is 52.9. The van der Waals surface area contributed by atoms with E-state index in [1.54, 1.807) is 36.4 Å². The Kier molecular flexibility index (Phi) is 48.0. The first-order valence-electron chi connectivity index (χ1n) is 40.5. The summed E-state index contributed by atoms with van der Waals surface area (Å²) in [7, 11) is 0. The van der Waals surface area contributed by atoms with Gasteiger partial charge in [0.15, 0.2) is 0 Å². The first-order valence-corrected chi connectivity index (χ1v) is 41.6. The van der Waals surface area contributed by atoms with Crippen LogP contribution < -0.4 is 23.7 Å². The zero-order chi connectivity index (χ0) is 87.4. The number of phenolic OH excluding ortho intramolecular Hbond substituents is 2. The number of carbonyl (C=O) groups excluding carboxylic acids is 5. The number of aromatic hydroxyl groups is 2. The third-order valence-electron chi connectivity index (χ3n) is 17.4. The molecule has 0 saturated heterocycles. The molecule has 15 nitrogen and oxygen atoms in total. The Labute approximate surface area is 702 Å². The average molecular weight is 1630 g/mol. The molecule has 0 spiro atoms. The number of alkyl halides is 2. The van der Waals surface area contributed by atoms with E-state index >= 15 is 0 Å². The number of hydrogen-bond donors (Lipinski definition) is 3. The number of carbonyl (C=O) groups is 5. The third kappa shape index (κ3) is 49.6. The van der Waals surface area contributed by atoms with E-state index in [2.05, 4.69) is 145 Å². The van der Waals surface area contributed by atoms with Crippen molar-refractivity contribution in [3.8, 4) is 40.2 Å². The average Bonchev–Trinajstić information content (AvgIpc) is 0.870. The fourth-order valence-corrected chi connectivity index (χ4v) is 10.3. The lowest BCUT2D eigenvalue weighted by atomic mass is 9.87. The Morgan fingerprint density at radius 1 is 0.287 bits per heavy atom. The number of aliphatic hydroxyl groups excluding tert-OH is 1. The smallest absolute Gasteiger partial charge is 0.337 e. The molecule has 0 amide bonds. The van der Waals surface area contributed by atoms with Crippen LogP contribution in [0.1, 0.15) is 289 Å². The van der Waals surface area contributed by atoms with Crippen molar-refractivity contribution in [2.45, 2.75) is 300 Å². The standard InChI is InChI=1S/C19H30O3.C16H23ClO2.C16H24O3.C15H22O3.C12H15ClO2.2C10H14O/c1-15(2)21-14-8-6-7-9-18(20)22-17-12-10-16(11-13-17)19(3,4)5;2*1-16(2,3)13-8-10-14(11-9-13)19-15(18)7-5-4-6-12-17;1-11(2)17-10-14(16)18-13-8-6-12(7-9-13)15(3,4)5;1-12(2,3)9-4-6-10(7-5-9)15-11(14)8-13;2*1-10(2,3)8-4-6-9(11)7-5-8/h10-13,15H,6-9,14H2,1-5H3;8-11H,4-7,12H2,1-3H3;8-11,17H,4-7,12H2,1-3H3;6-9,11H,10H2,1-5H3;4-7H,8H2,1-3H3;2*4-7,11H,1-3H3. The van der Waals surface area contributed by atoms with Crippen LogP contribution in [-0.2, 0) is 71.4 Å². The summed E-state index contributed by atoms with van der Waals surface area (Å²) in [6.45, 7) is 53.9. The van der Waals surface area contributed by atoms with Crippen molar-refractivity contribution >= 4 is 53.0 Å². The number of aliphatic hydroxyl groups is 1. The van der Waals surface area contributed by atoms with Crippen LogP contribution in [0.2, 0.25) is 0 Å². The highest BCUT2D eigenvalue weighted by molar-refractivity contribution is 6.26. The van der Waals surface area contributed by atoms with Gasteiger partial charge in [-0.1, -0.05) is 250 Å². The molecule has 7 rings (SSSR count). The van der Waals surface area contributed by atoms with Gasteiger partial charge in [-0.05, 0) is 228 Å².